The van der Waals surface area contributed by atoms with Crippen LogP contribution in [0.1, 0.15) is 19.2 Å². The summed E-state index contributed by atoms with van der Waals surface area (Å²) in [5.74, 6) is 0.583. The average molecular weight is 366 g/mol. The molecule has 1 atom stereocenters. The Hall–Kier alpha value is -1.16. The van der Waals surface area contributed by atoms with Crippen LogP contribution in [-0.2, 0) is 21.9 Å². The Bertz CT molecular complexity index is 627. The van der Waals surface area contributed by atoms with Crippen molar-refractivity contribution in [1.82, 2.24) is 24.5 Å². The fraction of sp³-hybridized carbons (Fsp3) is 0.692. The third-order valence-corrected chi connectivity index (χ3v) is 5.15. The number of imidazole rings is 1. The van der Waals surface area contributed by atoms with Crippen molar-refractivity contribution in [1.29, 1.82) is 0 Å². The van der Waals surface area contributed by atoms with Crippen LogP contribution >= 0.6 is 12.4 Å². The van der Waals surface area contributed by atoms with E-state index in [4.69, 9.17) is 0 Å². The SMILES string of the molecule is Cc1nc(S(=O)(=O)NCCC(=O)N2CCNC[C@@H]2C)cn1C.Cl. The zero-order valence-electron chi connectivity index (χ0n) is 13.6. The molecular weight excluding hydrogens is 342 g/mol. The van der Waals surface area contributed by atoms with Crippen molar-refractivity contribution >= 4 is 28.3 Å². The summed E-state index contributed by atoms with van der Waals surface area (Å²) in [6, 6.07) is 0.135. The maximum atomic E-state index is 12.1. The van der Waals surface area contributed by atoms with E-state index in [0.717, 1.165) is 13.1 Å². The van der Waals surface area contributed by atoms with Crippen molar-refractivity contribution in [2.24, 2.45) is 7.05 Å². The van der Waals surface area contributed by atoms with Gasteiger partial charge in [-0.1, -0.05) is 0 Å². The fourth-order valence-corrected chi connectivity index (χ4v) is 3.45. The molecule has 0 spiro atoms. The zero-order valence-corrected chi connectivity index (χ0v) is 15.2. The van der Waals surface area contributed by atoms with E-state index in [2.05, 4.69) is 15.0 Å². The first-order chi connectivity index (χ1) is 10.3. The van der Waals surface area contributed by atoms with Gasteiger partial charge in [0.2, 0.25) is 5.91 Å². The monoisotopic (exact) mass is 365 g/mol. The molecule has 1 aromatic rings. The number of carbonyl (C=O) groups excluding carboxylic acids is 1. The first-order valence-corrected chi connectivity index (χ1v) is 8.79. The number of hydrogen-bond acceptors (Lipinski definition) is 5. The molecule has 1 saturated heterocycles. The number of halogens is 1. The standard InChI is InChI=1S/C13H23N5O3S.ClH/c1-10-8-14-6-7-18(10)13(19)4-5-15-22(20,21)12-9-17(3)11(2)16-12;/h9-10,14-15H,4-8H2,1-3H3;1H/t10-;/m0./s1. The van der Waals surface area contributed by atoms with Crippen LogP contribution in [0.5, 0.6) is 0 Å². The number of nitrogens with zero attached hydrogens (tertiary/aromatic N) is 3. The molecule has 8 nitrogen and oxygen atoms in total. The van der Waals surface area contributed by atoms with E-state index >= 15 is 0 Å². The Labute approximate surface area is 143 Å². The van der Waals surface area contributed by atoms with E-state index in [9.17, 15) is 13.2 Å². The van der Waals surface area contributed by atoms with Gasteiger partial charge in [0.05, 0.1) is 0 Å². The van der Waals surface area contributed by atoms with Crippen LogP contribution in [0.2, 0.25) is 0 Å². The van der Waals surface area contributed by atoms with Crippen molar-refractivity contribution in [3.05, 3.63) is 12.0 Å². The van der Waals surface area contributed by atoms with E-state index in [1.807, 2.05) is 6.92 Å². The molecule has 0 radical (unpaired) electrons. The predicted molar refractivity (Wildman–Crippen MR) is 89.0 cm³/mol. The van der Waals surface area contributed by atoms with Gasteiger partial charge in [-0.15, -0.1) is 12.4 Å². The molecule has 2 N–H and O–H groups in total. The Kier molecular flexibility index (Phi) is 7.00. The van der Waals surface area contributed by atoms with Gasteiger partial charge in [0.1, 0.15) is 5.82 Å². The summed E-state index contributed by atoms with van der Waals surface area (Å²) in [5, 5.41) is 3.19. The highest BCUT2D eigenvalue weighted by atomic mass is 35.5. The summed E-state index contributed by atoms with van der Waals surface area (Å²) in [6.45, 7) is 5.98. The minimum atomic E-state index is -3.67. The minimum Gasteiger partial charge on any atom is -0.337 e. The van der Waals surface area contributed by atoms with Crippen molar-refractivity contribution in [3.63, 3.8) is 0 Å². The molecule has 1 aromatic heterocycles. The summed E-state index contributed by atoms with van der Waals surface area (Å²) in [4.78, 5) is 17.9. The van der Waals surface area contributed by atoms with Crippen LogP contribution in [0, 0.1) is 6.92 Å². The predicted octanol–water partition coefficient (Wildman–Crippen LogP) is -0.361. The highest BCUT2D eigenvalue weighted by molar-refractivity contribution is 7.89. The average Bonchev–Trinajstić information content (AvgIpc) is 2.80. The highest BCUT2D eigenvalue weighted by Gasteiger charge is 2.23. The maximum absolute atomic E-state index is 12.1. The fourth-order valence-electron chi connectivity index (χ4n) is 2.38. The number of rotatable bonds is 5. The van der Waals surface area contributed by atoms with Gasteiger partial charge in [-0.05, 0) is 13.8 Å². The second kappa shape index (κ2) is 8.09. The van der Waals surface area contributed by atoms with E-state index in [-0.39, 0.29) is 42.3 Å². The molecule has 0 saturated carbocycles. The molecule has 23 heavy (non-hydrogen) atoms. The summed E-state index contributed by atoms with van der Waals surface area (Å²) in [5.41, 5.74) is 0. The maximum Gasteiger partial charge on any atom is 0.259 e. The zero-order chi connectivity index (χ0) is 16.3. The lowest BCUT2D eigenvalue weighted by Crippen LogP contribution is -2.52. The van der Waals surface area contributed by atoms with Gasteiger partial charge in [0.25, 0.3) is 10.0 Å². The van der Waals surface area contributed by atoms with Crippen LogP contribution < -0.4 is 10.0 Å². The largest absolute Gasteiger partial charge is 0.337 e. The summed E-state index contributed by atoms with van der Waals surface area (Å²) >= 11 is 0. The van der Waals surface area contributed by atoms with Crippen molar-refractivity contribution in [2.75, 3.05) is 26.2 Å². The number of piperazine rings is 1. The molecule has 0 aliphatic carbocycles. The molecular formula is C13H24ClN5O3S. The molecule has 0 aromatic carbocycles. The van der Waals surface area contributed by atoms with Crippen LogP contribution in [0.25, 0.3) is 0 Å². The first kappa shape index (κ1) is 19.9. The number of sulfonamides is 1. The summed E-state index contributed by atoms with van der Waals surface area (Å²) in [6.07, 6.45) is 1.60. The van der Waals surface area contributed by atoms with Gasteiger partial charge in [0.15, 0.2) is 5.03 Å². The van der Waals surface area contributed by atoms with Crippen LogP contribution in [-0.4, -0.2) is 61.0 Å². The minimum absolute atomic E-state index is 0. The number of hydrogen-bond donors (Lipinski definition) is 2. The summed E-state index contributed by atoms with van der Waals surface area (Å²) in [7, 11) is -1.93. The number of carbonyl (C=O) groups is 1. The molecule has 2 rings (SSSR count). The molecule has 2 heterocycles. The van der Waals surface area contributed by atoms with Crippen LogP contribution in [0.3, 0.4) is 0 Å². The van der Waals surface area contributed by atoms with Gasteiger partial charge in [0, 0.05) is 51.9 Å². The molecule has 10 heteroatoms. The van der Waals surface area contributed by atoms with Gasteiger partial charge in [-0.2, -0.15) is 0 Å². The van der Waals surface area contributed by atoms with Crippen molar-refractivity contribution in [3.8, 4) is 0 Å². The van der Waals surface area contributed by atoms with Crippen molar-refractivity contribution < 1.29 is 13.2 Å². The first-order valence-electron chi connectivity index (χ1n) is 7.31. The number of aryl methyl sites for hydroxylation is 2. The Morgan fingerprint density at radius 2 is 2.22 bits per heavy atom. The van der Waals surface area contributed by atoms with E-state index in [0.29, 0.717) is 12.4 Å². The summed E-state index contributed by atoms with van der Waals surface area (Å²) < 4.78 is 28.3. The highest BCUT2D eigenvalue weighted by Crippen LogP contribution is 2.08. The molecule has 1 amide bonds. The molecule has 132 valence electrons. The smallest absolute Gasteiger partial charge is 0.259 e. The third kappa shape index (κ3) is 4.90. The lowest BCUT2D eigenvalue weighted by molar-refractivity contribution is -0.133. The second-order valence-electron chi connectivity index (χ2n) is 5.53. The van der Waals surface area contributed by atoms with Gasteiger partial charge >= 0.3 is 0 Å². The van der Waals surface area contributed by atoms with Crippen LogP contribution in [0.4, 0.5) is 0 Å². The van der Waals surface area contributed by atoms with Gasteiger partial charge < -0.3 is 14.8 Å². The Morgan fingerprint density at radius 3 is 2.78 bits per heavy atom. The lowest BCUT2D eigenvalue weighted by Gasteiger charge is -2.34. The van der Waals surface area contributed by atoms with Gasteiger partial charge in [-0.25, -0.2) is 18.1 Å². The van der Waals surface area contributed by atoms with E-state index < -0.39 is 10.0 Å². The third-order valence-electron chi connectivity index (χ3n) is 3.81. The topological polar surface area (TPSA) is 96.3 Å². The van der Waals surface area contributed by atoms with Gasteiger partial charge in [-0.3, -0.25) is 4.79 Å². The molecule has 1 aliphatic heterocycles. The molecule has 1 aliphatic rings. The number of aromatic nitrogens is 2. The van der Waals surface area contributed by atoms with E-state index in [1.54, 1.807) is 23.4 Å². The second-order valence-corrected chi connectivity index (χ2v) is 7.24. The molecule has 1 fully saturated rings. The number of nitrogens with one attached hydrogen (secondary N) is 2. The lowest BCUT2D eigenvalue weighted by atomic mass is 10.2. The Morgan fingerprint density at radius 1 is 1.52 bits per heavy atom. The quantitative estimate of drug-likeness (QED) is 0.742. The van der Waals surface area contributed by atoms with E-state index in [1.165, 1.54) is 6.20 Å². The van der Waals surface area contributed by atoms with Crippen LogP contribution in [0.15, 0.2) is 11.2 Å². The normalized spacial score (nSPS) is 18.6. The molecule has 0 bridgehead atoms. The number of amides is 1. The molecule has 0 unspecified atom stereocenters. The van der Waals surface area contributed by atoms with Crippen molar-refractivity contribution in [2.45, 2.75) is 31.3 Å². The Balaban J connectivity index is 0.00000264.